The predicted molar refractivity (Wildman–Crippen MR) is 103 cm³/mol. The highest BCUT2D eigenvalue weighted by molar-refractivity contribution is 7.91. The third-order valence-corrected chi connectivity index (χ3v) is 6.05. The summed E-state index contributed by atoms with van der Waals surface area (Å²) < 4.78 is 61.8. The average molecular weight is 427 g/mol. The van der Waals surface area contributed by atoms with Crippen molar-refractivity contribution in [2.75, 3.05) is 42.9 Å². The molecule has 0 radical (unpaired) electrons. The standard InChI is InChI=1S/C19H20F3N3O3S/c20-16-3-1-2-4-17(16)23-18(26)13-24-9-11-25(12-10-24)14-5-7-15(8-6-14)29(27,28)19(21)22/h1-8,19H,9-13H2,(H,23,26). The van der Waals surface area contributed by atoms with E-state index < -0.39 is 26.3 Å². The number of amides is 1. The smallest absolute Gasteiger partial charge is 0.341 e. The molecular formula is C19H20F3N3O3S. The number of carbonyl (C=O) groups is 1. The van der Waals surface area contributed by atoms with Gasteiger partial charge in [-0.1, -0.05) is 12.1 Å². The molecule has 10 heteroatoms. The second kappa shape index (κ2) is 8.83. The van der Waals surface area contributed by atoms with Gasteiger partial charge in [0.1, 0.15) is 5.82 Å². The number of hydrogen-bond acceptors (Lipinski definition) is 5. The number of piperazine rings is 1. The van der Waals surface area contributed by atoms with Gasteiger partial charge >= 0.3 is 5.76 Å². The molecule has 1 aliphatic rings. The molecular weight excluding hydrogens is 407 g/mol. The maximum absolute atomic E-state index is 13.6. The second-order valence-corrected chi connectivity index (χ2v) is 8.51. The van der Waals surface area contributed by atoms with Crippen molar-refractivity contribution in [3.63, 3.8) is 0 Å². The highest BCUT2D eigenvalue weighted by Crippen LogP contribution is 2.23. The summed E-state index contributed by atoms with van der Waals surface area (Å²) in [5, 5.41) is 2.54. The number of para-hydroxylation sites is 1. The van der Waals surface area contributed by atoms with Crippen LogP contribution in [-0.4, -0.2) is 57.7 Å². The van der Waals surface area contributed by atoms with Crippen LogP contribution in [0, 0.1) is 5.82 Å². The maximum atomic E-state index is 13.6. The van der Waals surface area contributed by atoms with E-state index in [1.807, 2.05) is 9.80 Å². The lowest BCUT2D eigenvalue weighted by Crippen LogP contribution is -2.48. The van der Waals surface area contributed by atoms with Gasteiger partial charge in [-0.15, -0.1) is 0 Å². The van der Waals surface area contributed by atoms with E-state index in [0.717, 1.165) is 0 Å². The number of hydrogen-bond donors (Lipinski definition) is 1. The first kappa shape index (κ1) is 21.1. The SMILES string of the molecule is O=C(CN1CCN(c2ccc(S(=O)(=O)C(F)F)cc2)CC1)Nc1ccccc1F. The van der Waals surface area contributed by atoms with Crippen LogP contribution >= 0.6 is 0 Å². The highest BCUT2D eigenvalue weighted by atomic mass is 32.2. The first-order valence-corrected chi connectivity index (χ1v) is 10.5. The van der Waals surface area contributed by atoms with Crippen molar-refractivity contribution >= 4 is 27.1 Å². The van der Waals surface area contributed by atoms with Gasteiger partial charge in [0.15, 0.2) is 0 Å². The summed E-state index contributed by atoms with van der Waals surface area (Å²) in [5.41, 5.74) is 0.851. The fourth-order valence-corrected chi connectivity index (χ4v) is 3.79. The Hall–Kier alpha value is -2.59. The van der Waals surface area contributed by atoms with Crippen LogP contribution in [0.4, 0.5) is 24.5 Å². The predicted octanol–water partition coefficient (Wildman–Crippen LogP) is 2.58. The lowest BCUT2D eigenvalue weighted by Gasteiger charge is -2.35. The molecule has 0 atom stereocenters. The van der Waals surface area contributed by atoms with E-state index in [-0.39, 0.29) is 18.1 Å². The topological polar surface area (TPSA) is 69.7 Å². The van der Waals surface area contributed by atoms with Crippen molar-refractivity contribution in [1.29, 1.82) is 0 Å². The first-order chi connectivity index (χ1) is 13.8. The van der Waals surface area contributed by atoms with E-state index in [9.17, 15) is 26.4 Å². The first-order valence-electron chi connectivity index (χ1n) is 8.91. The molecule has 0 saturated carbocycles. The fraction of sp³-hybridized carbons (Fsp3) is 0.316. The van der Waals surface area contributed by atoms with Crippen LogP contribution in [-0.2, 0) is 14.6 Å². The van der Waals surface area contributed by atoms with E-state index in [2.05, 4.69) is 5.32 Å². The molecule has 0 spiro atoms. The Bertz CT molecular complexity index is 960. The number of anilines is 2. The minimum Gasteiger partial charge on any atom is -0.369 e. The molecule has 1 fully saturated rings. The normalized spacial score (nSPS) is 15.5. The van der Waals surface area contributed by atoms with Gasteiger partial charge in [-0.05, 0) is 36.4 Å². The number of sulfone groups is 1. The largest absolute Gasteiger partial charge is 0.369 e. The van der Waals surface area contributed by atoms with Crippen LogP contribution in [0.1, 0.15) is 0 Å². The van der Waals surface area contributed by atoms with Crippen LogP contribution in [0.2, 0.25) is 0 Å². The Morgan fingerprint density at radius 2 is 1.62 bits per heavy atom. The third-order valence-electron chi connectivity index (χ3n) is 4.65. The number of rotatable bonds is 6. The summed E-state index contributed by atoms with van der Waals surface area (Å²) in [5.74, 6) is -4.26. The minimum atomic E-state index is -4.61. The maximum Gasteiger partial charge on any atom is 0.341 e. The highest BCUT2D eigenvalue weighted by Gasteiger charge is 2.27. The lowest BCUT2D eigenvalue weighted by atomic mass is 10.2. The zero-order valence-electron chi connectivity index (χ0n) is 15.4. The van der Waals surface area contributed by atoms with Crippen molar-refractivity contribution in [3.8, 4) is 0 Å². The molecule has 1 N–H and O–H groups in total. The van der Waals surface area contributed by atoms with Gasteiger partial charge in [-0.25, -0.2) is 12.8 Å². The van der Waals surface area contributed by atoms with Gasteiger partial charge < -0.3 is 10.2 Å². The second-order valence-electron chi connectivity index (χ2n) is 6.59. The molecule has 1 saturated heterocycles. The monoisotopic (exact) mass is 427 g/mol. The van der Waals surface area contributed by atoms with E-state index in [0.29, 0.717) is 31.9 Å². The van der Waals surface area contributed by atoms with Crippen LogP contribution in [0.25, 0.3) is 0 Å². The molecule has 2 aromatic rings. The molecule has 0 unspecified atom stereocenters. The summed E-state index contributed by atoms with van der Waals surface area (Å²) in [6.45, 7) is 2.42. The molecule has 0 aromatic heterocycles. The summed E-state index contributed by atoms with van der Waals surface area (Å²) in [6, 6.07) is 11.3. The molecule has 156 valence electrons. The molecule has 6 nitrogen and oxygen atoms in total. The average Bonchev–Trinajstić information content (AvgIpc) is 2.70. The molecule has 0 bridgehead atoms. The van der Waals surface area contributed by atoms with Crippen molar-refractivity contribution in [2.45, 2.75) is 10.7 Å². The number of halogens is 3. The van der Waals surface area contributed by atoms with Crippen molar-refractivity contribution < 1.29 is 26.4 Å². The van der Waals surface area contributed by atoms with Crippen molar-refractivity contribution in [2.24, 2.45) is 0 Å². The quantitative estimate of drug-likeness (QED) is 0.768. The molecule has 1 heterocycles. The summed E-state index contributed by atoms with van der Waals surface area (Å²) in [7, 11) is -4.61. The fourth-order valence-electron chi connectivity index (χ4n) is 3.07. The Morgan fingerprint density at radius 1 is 1.00 bits per heavy atom. The van der Waals surface area contributed by atoms with Gasteiger partial charge in [-0.2, -0.15) is 8.78 Å². The summed E-state index contributed by atoms with van der Waals surface area (Å²) >= 11 is 0. The van der Waals surface area contributed by atoms with E-state index >= 15 is 0 Å². The van der Waals surface area contributed by atoms with E-state index in [4.69, 9.17) is 0 Å². The van der Waals surface area contributed by atoms with Gasteiger partial charge in [0.2, 0.25) is 15.7 Å². The molecule has 1 amide bonds. The van der Waals surface area contributed by atoms with Crippen LogP contribution in [0.15, 0.2) is 53.4 Å². The number of carbonyl (C=O) groups excluding carboxylic acids is 1. The minimum absolute atomic E-state index is 0.119. The Morgan fingerprint density at radius 3 is 2.21 bits per heavy atom. The molecule has 2 aromatic carbocycles. The Labute approximate surface area is 166 Å². The number of nitrogens with one attached hydrogen (secondary N) is 1. The van der Waals surface area contributed by atoms with Crippen LogP contribution in [0.5, 0.6) is 0 Å². The molecule has 1 aliphatic heterocycles. The third kappa shape index (κ3) is 5.07. The van der Waals surface area contributed by atoms with E-state index in [1.54, 1.807) is 12.1 Å². The van der Waals surface area contributed by atoms with E-state index in [1.165, 1.54) is 36.4 Å². The van der Waals surface area contributed by atoms with Gasteiger partial charge in [0.05, 0.1) is 17.1 Å². The zero-order valence-corrected chi connectivity index (χ0v) is 16.2. The zero-order chi connectivity index (χ0) is 21.0. The van der Waals surface area contributed by atoms with Gasteiger partial charge in [0.25, 0.3) is 0 Å². The van der Waals surface area contributed by atoms with Crippen LogP contribution < -0.4 is 10.2 Å². The Kier molecular flexibility index (Phi) is 6.43. The van der Waals surface area contributed by atoms with Crippen molar-refractivity contribution in [1.82, 2.24) is 4.90 Å². The lowest BCUT2D eigenvalue weighted by molar-refractivity contribution is -0.117. The summed E-state index contributed by atoms with van der Waals surface area (Å²) in [4.78, 5) is 15.6. The molecule has 3 rings (SSSR count). The number of benzene rings is 2. The Balaban J connectivity index is 1.53. The number of alkyl halides is 2. The molecule has 0 aliphatic carbocycles. The van der Waals surface area contributed by atoms with Crippen molar-refractivity contribution in [3.05, 3.63) is 54.3 Å². The van der Waals surface area contributed by atoms with Crippen LogP contribution in [0.3, 0.4) is 0 Å². The molecule has 29 heavy (non-hydrogen) atoms. The number of nitrogens with zero attached hydrogens (tertiary/aromatic N) is 2. The summed E-state index contributed by atoms with van der Waals surface area (Å²) in [6.07, 6.45) is 0. The van der Waals surface area contributed by atoms with Gasteiger partial charge in [-0.3, -0.25) is 9.69 Å². The van der Waals surface area contributed by atoms with Gasteiger partial charge in [0, 0.05) is 31.9 Å².